The number of fused-ring (bicyclic) bond motifs is 5. The summed E-state index contributed by atoms with van der Waals surface area (Å²) in [4.78, 5) is 1.80. The SMILES string of the molecule is [2H]c1c([2H])c(N(c2ccc(-c3ccccc3)cc2)c2ccc(-c3ccccc3)cc2)c([2H])c([2H])c1-c1cccc(-n2c3ccc4ccccc4c3c3c(-c4ccccc4)c([2H])c([2H])c([2H])c32)c1. The normalized spacial score (nSPS) is 13.0. The number of benzene rings is 10. The van der Waals surface area contributed by atoms with Gasteiger partial charge in [0.05, 0.1) is 20.6 Å². The molecule has 0 unspecified atom stereocenters. The summed E-state index contributed by atoms with van der Waals surface area (Å²) < 4.78 is 68.3. The second kappa shape index (κ2) is 15.1. The first kappa shape index (κ1) is 28.5. The summed E-state index contributed by atoms with van der Waals surface area (Å²) in [5.74, 6) is 0. The lowest BCUT2D eigenvalue weighted by atomic mass is 9.97. The molecule has 0 saturated heterocycles. The Morgan fingerprint density at radius 2 is 0.900 bits per heavy atom. The number of anilines is 3. The molecule has 2 heteroatoms. The van der Waals surface area contributed by atoms with Gasteiger partial charge in [0.2, 0.25) is 0 Å². The zero-order valence-corrected chi connectivity index (χ0v) is 32.4. The second-order valence-electron chi connectivity index (χ2n) is 14.8. The lowest BCUT2D eigenvalue weighted by Crippen LogP contribution is -2.09. The summed E-state index contributed by atoms with van der Waals surface area (Å²) in [5.41, 5.74) is 9.34. The lowest BCUT2D eigenvalue weighted by molar-refractivity contribution is 1.18. The van der Waals surface area contributed by atoms with Crippen LogP contribution in [0.5, 0.6) is 0 Å². The van der Waals surface area contributed by atoms with Crippen molar-refractivity contribution < 1.29 is 9.60 Å². The number of rotatable bonds is 8. The topological polar surface area (TPSA) is 8.17 Å². The Bertz CT molecular complexity index is 3570. The van der Waals surface area contributed by atoms with E-state index in [0.29, 0.717) is 39.1 Å². The van der Waals surface area contributed by atoms with Crippen molar-refractivity contribution in [2.24, 2.45) is 0 Å². The molecule has 0 atom stereocenters. The molecule has 10 aromatic carbocycles. The number of nitrogens with zero attached hydrogens (tertiary/aromatic N) is 2. The van der Waals surface area contributed by atoms with Gasteiger partial charge in [-0.2, -0.15) is 0 Å². The van der Waals surface area contributed by atoms with Crippen molar-refractivity contribution in [3.05, 3.63) is 242 Å². The highest BCUT2D eigenvalue weighted by molar-refractivity contribution is 6.25. The molecule has 282 valence electrons. The van der Waals surface area contributed by atoms with E-state index in [4.69, 9.17) is 1.37 Å². The quantitative estimate of drug-likeness (QED) is 0.149. The van der Waals surface area contributed by atoms with Gasteiger partial charge in [-0.25, -0.2) is 0 Å². The molecule has 60 heavy (non-hydrogen) atoms. The molecule has 0 amide bonds. The Kier molecular flexibility index (Phi) is 7.16. The van der Waals surface area contributed by atoms with Crippen LogP contribution in [0, 0.1) is 0 Å². The van der Waals surface area contributed by atoms with Crippen molar-refractivity contribution >= 4 is 49.6 Å². The Hall–Kier alpha value is -7.94. The van der Waals surface area contributed by atoms with Crippen molar-refractivity contribution in [2.45, 2.75) is 0 Å². The number of hydrogen-bond donors (Lipinski definition) is 0. The van der Waals surface area contributed by atoms with Crippen LogP contribution in [0.2, 0.25) is 0 Å². The molecule has 0 spiro atoms. The molecule has 0 aliphatic rings. The van der Waals surface area contributed by atoms with Crippen LogP contribution in [0.15, 0.2) is 242 Å². The van der Waals surface area contributed by atoms with Gasteiger partial charge in [-0.3, -0.25) is 0 Å². The summed E-state index contributed by atoms with van der Waals surface area (Å²) in [6.45, 7) is 0. The molecule has 0 N–H and O–H groups in total. The monoisotopic (exact) mass is 771 g/mol. The highest BCUT2D eigenvalue weighted by Gasteiger charge is 2.19. The molecule has 11 aromatic rings. The van der Waals surface area contributed by atoms with Gasteiger partial charge in [0.1, 0.15) is 0 Å². The van der Waals surface area contributed by atoms with Gasteiger partial charge < -0.3 is 9.47 Å². The summed E-state index contributed by atoms with van der Waals surface area (Å²) in [6, 6.07) is 63.8. The second-order valence-corrected chi connectivity index (χ2v) is 14.8. The molecule has 0 aliphatic carbocycles. The largest absolute Gasteiger partial charge is 0.311 e. The van der Waals surface area contributed by atoms with E-state index in [2.05, 4.69) is 0 Å². The van der Waals surface area contributed by atoms with E-state index >= 15 is 0 Å². The van der Waals surface area contributed by atoms with Gasteiger partial charge in [-0.05, 0) is 116 Å². The third-order valence-corrected chi connectivity index (χ3v) is 11.2. The fraction of sp³-hybridized carbons (Fsp3) is 0. The predicted octanol–water partition coefficient (Wildman–Crippen LogP) is 16.1. The van der Waals surface area contributed by atoms with E-state index in [0.717, 1.165) is 49.5 Å². The zero-order chi connectivity index (χ0) is 45.9. The van der Waals surface area contributed by atoms with E-state index in [-0.39, 0.29) is 53.5 Å². The summed E-state index contributed by atoms with van der Waals surface area (Å²) in [7, 11) is 0. The maximum atomic E-state index is 9.67. The Balaban J connectivity index is 1.10. The van der Waals surface area contributed by atoms with E-state index in [1.165, 1.54) is 0 Å². The average molecular weight is 772 g/mol. The molecule has 1 heterocycles. The minimum absolute atomic E-state index is 0.0264. The maximum absolute atomic E-state index is 9.67. The van der Waals surface area contributed by atoms with Gasteiger partial charge in [0.25, 0.3) is 0 Å². The molecule has 0 saturated carbocycles. The molecule has 0 bridgehead atoms. The van der Waals surface area contributed by atoms with Gasteiger partial charge in [-0.1, -0.05) is 182 Å². The summed E-state index contributed by atoms with van der Waals surface area (Å²) in [5, 5.41) is 3.47. The first-order valence-corrected chi connectivity index (χ1v) is 20.0. The van der Waals surface area contributed by atoms with Crippen LogP contribution in [-0.2, 0) is 0 Å². The standard InChI is InChI=1S/C58H40N2/c1-4-14-41(15-5-1)43-26-33-49(34-27-43)59(50-35-28-44(29-36-50)42-16-6-2-7-17-42)51-37-30-45(31-38-51)48-21-12-22-52(40-48)60-55-25-13-24-54(46-18-8-3-9-19-46)57(55)58-53-23-11-10-20-47(53)32-39-56(58)60/h1-40H/i13D,24D,25D,30D,31D,37D,38D. The van der Waals surface area contributed by atoms with Crippen LogP contribution in [-0.4, -0.2) is 4.57 Å². The minimum Gasteiger partial charge on any atom is -0.311 e. The molecule has 1 aromatic heterocycles. The Labute approximate surface area is 360 Å². The molecular formula is C58H40N2. The molecule has 0 radical (unpaired) electrons. The van der Waals surface area contributed by atoms with Crippen LogP contribution in [0.3, 0.4) is 0 Å². The van der Waals surface area contributed by atoms with Gasteiger partial charge >= 0.3 is 0 Å². The molecule has 0 aliphatic heterocycles. The highest BCUT2D eigenvalue weighted by atomic mass is 15.1. The van der Waals surface area contributed by atoms with Gasteiger partial charge in [0, 0.05) is 33.5 Å². The van der Waals surface area contributed by atoms with Crippen molar-refractivity contribution in [1.29, 1.82) is 0 Å². The van der Waals surface area contributed by atoms with Gasteiger partial charge in [-0.15, -0.1) is 0 Å². The highest BCUT2D eigenvalue weighted by Crippen LogP contribution is 2.43. The smallest absolute Gasteiger partial charge is 0.0645 e. The van der Waals surface area contributed by atoms with Crippen molar-refractivity contribution in [3.8, 4) is 50.2 Å². The molecule has 11 rings (SSSR count). The molecule has 2 nitrogen and oxygen atoms in total. The molecule has 0 fully saturated rings. The summed E-state index contributed by atoms with van der Waals surface area (Å²) in [6.07, 6.45) is 0. The number of hydrogen-bond acceptors (Lipinski definition) is 1. The van der Waals surface area contributed by atoms with E-state index in [9.17, 15) is 8.22 Å². The van der Waals surface area contributed by atoms with Crippen LogP contribution in [0.1, 0.15) is 9.60 Å². The van der Waals surface area contributed by atoms with E-state index in [1.54, 1.807) is 11.0 Å². The predicted molar refractivity (Wildman–Crippen MR) is 255 cm³/mol. The lowest BCUT2D eigenvalue weighted by Gasteiger charge is -2.26. The first-order valence-electron chi connectivity index (χ1n) is 23.5. The summed E-state index contributed by atoms with van der Waals surface area (Å²) >= 11 is 0. The van der Waals surface area contributed by atoms with E-state index in [1.807, 2.05) is 199 Å². The van der Waals surface area contributed by atoms with Crippen molar-refractivity contribution in [1.82, 2.24) is 4.57 Å². The van der Waals surface area contributed by atoms with Crippen LogP contribution < -0.4 is 4.90 Å². The average Bonchev–Trinajstić information content (AvgIpc) is 3.73. The number of aromatic nitrogens is 1. The third-order valence-electron chi connectivity index (χ3n) is 11.2. The minimum atomic E-state index is -0.202. The van der Waals surface area contributed by atoms with Crippen LogP contribution >= 0.6 is 0 Å². The van der Waals surface area contributed by atoms with Gasteiger partial charge in [0.15, 0.2) is 0 Å². The Morgan fingerprint density at radius 1 is 0.350 bits per heavy atom. The van der Waals surface area contributed by atoms with Crippen molar-refractivity contribution in [2.75, 3.05) is 4.90 Å². The Morgan fingerprint density at radius 3 is 1.53 bits per heavy atom. The maximum Gasteiger partial charge on any atom is 0.0645 e. The van der Waals surface area contributed by atoms with Crippen LogP contribution in [0.4, 0.5) is 17.1 Å². The molecular weight excluding hydrogens is 725 g/mol. The van der Waals surface area contributed by atoms with Crippen LogP contribution in [0.25, 0.3) is 82.8 Å². The third kappa shape index (κ3) is 6.32. The zero-order valence-electron chi connectivity index (χ0n) is 39.4. The fourth-order valence-corrected chi connectivity index (χ4v) is 8.36. The first-order chi connectivity index (χ1) is 32.7. The fourth-order valence-electron chi connectivity index (χ4n) is 8.36. The van der Waals surface area contributed by atoms with Crippen molar-refractivity contribution in [3.63, 3.8) is 0 Å². The van der Waals surface area contributed by atoms with E-state index < -0.39 is 0 Å².